The summed E-state index contributed by atoms with van der Waals surface area (Å²) in [5.74, 6) is -0.289. The first-order valence-corrected chi connectivity index (χ1v) is 4.81. The Bertz CT molecular complexity index is 329. The van der Waals surface area contributed by atoms with E-state index in [9.17, 15) is 4.79 Å². The van der Waals surface area contributed by atoms with Crippen LogP contribution < -0.4 is 5.32 Å². The number of halogens is 1. The summed E-state index contributed by atoms with van der Waals surface area (Å²) in [5, 5.41) is 10.1. The number of hydrogen-bond acceptors (Lipinski definition) is 4. The van der Waals surface area contributed by atoms with E-state index in [-0.39, 0.29) is 22.9 Å². The number of carbonyl (C=O) groups excluding carboxylic acids is 1. The van der Waals surface area contributed by atoms with Crippen molar-refractivity contribution in [3.63, 3.8) is 0 Å². The van der Waals surface area contributed by atoms with Gasteiger partial charge < -0.3 is 10.1 Å². The lowest BCUT2D eigenvalue weighted by atomic mass is 10.3. The zero-order valence-electron chi connectivity index (χ0n) is 8.53. The first kappa shape index (κ1) is 11.9. The third-order valence-corrected chi connectivity index (χ3v) is 2.02. The molecule has 1 aromatic heterocycles. The predicted molar refractivity (Wildman–Crippen MR) is 55.8 cm³/mol. The van der Waals surface area contributed by atoms with Crippen molar-refractivity contribution in [3.8, 4) is 0 Å². The van der Waals surface area contributed by atoms with E-state index in [1.54, 1.807) is 7.11 Å². The maximum Gasteiger partial charge on any atom is 0.271 e. The van der Waals surface area contributed by atoms with Crippen molar-refractivity contribution in [2.45, 2.75) is 13.0 Å². The Kier molecular flexibility index (Phi) is 4.45. The molecule has 0 aromatic carbocycles. The number of hydrogen-bond donors (Lipinski definition) is 1. The summed E-state index contributed by atoms with van der Waals surface area (Å²) in [4.78, 5) is 11.5. The topological polar surface area (TPSA) is 64.1 Å². The van der Waals surface area contributed by atoms with E-state index in [0.717, 1.165) is 0 Å². The van der Waals surface area contributed by atoms with Gasteiger partial charge in [-0.3, -0.25) is 4.79 Å². The fourth-order valence-electron chi connectivity index (χ4n) is 0.847. The summed E-state index contributed by atoms with van der Waals surface area (Å²) >= 11 is 5.54. The summed E-state index contributed by atoms with van der Waals surface area (Å²) in [6.07, 6.45) is -0.0331. The lowest BCUT2D eigenvalue weighted by Gasteiger charge is -2.09. The van der Waals surface area contributed by atoms with Crippen molar-refractivity contribution in [3.05, 3.63) is 23.0 Å². The van der Waals surface area contributed by atoms with Gasteiger partial charge in [-0.25, -0.2) is 0 Å². The van der Waals surface area contributed by atoms with Gasteiger partial charge in [0.05, 0.1) is 6.10 Å². The Morgan fingerprint density at radius 3 is 2.87 bits per heavy atom. The molecule has 0 radical (unpaired) electrons. The average molecular weight is 230 g/mol. The normalized spacial score (nSPS) is 12.2. The summed E-state index contributed by atoms with van der Waals surface area (Å²) in [6, 6.07) is 3.03. The molecule has 1 unspecified atom stereocenters. The molecule has 0 aliphatic carbocycles. The second-order valence-corrected chi connectivity index (χ2v) is 3.38. The minimum absolute atomic E-state index is 0.0331. The molecular formula is C9H12ClN3O2. The quantitative estimate of drug-likeness (QED) is 0.833. The molecule has 1 rings (SSSR count). The molecule has 0 bridgehead atoms. The van der Waals surface area contributed by atoms with E-state index in [4.69, 9.17) is 16.3 Å². The van der Waals surface area contributed by atoms with Crippen LogP contribution in [0.5, 0.6) is 0 Å². The standard InChI is InChI=1S/C9H12ClN3O2/c1-6(15-2)5-11-9(14)7-3-4-8(10)13-12-7/h3-4,6H,5H2,1-2H3,(H,11,14). The molecule has 0 aliphatic rings. The van der Waals surface area contributed by atoms with E-state index in [1.165, 1.54) is 12.1 Å². The number of aromatic nitrogens is 2. The SMILES string of the molecule is COC(C)CNC(=O)c1ccc(Cl)nn1. The fraction of sp³-hybridized carbons (Fsp3) is 0.444. The Labute approximate surface area is 92.8 Å². The van der Waals surface area contributed by atoms with Crippen LogP contribution in [0.2, 0.25) is 5.15 Å². The van der Waals surface area contributed by atoms with E-state index < -0.39 is 0 Å². The minimum atomic E-state index is -0.289. The first-order valence-electron chi connectivity index (χ1n) is 4.43. The maximum absolute atomic E-state index is 11.5. The predicted octanol–water partition coefficient (Wildman–Crippen LogP) is 0.895. The van der Waals surface area contributed by atoms with Gasteiger partial charge in [0.1, 0.15) is 0 Å². The third kappa shape index (κ3) is 3.81. The monoisotopic (exact) mass is 229 g/mol. The lowest BCUT2D eigenvalue weighted by molar-refractivity contribution is 0.0865. The molecule has 0 spiro atoms. The molecule has 0 fully saturated rings. The highest BCUT2D eigenvalue weighted by atomic mass is 35.5. The van der Waals surface area contributed by atoms with E-state index in [2.05, 4.69) is 15.5 Å². The second kappa shape index (κ2) is 5.63. The summed E-state index contributed by atoms with van der Waals surface area (Å²) in [6.45, 7) is 2.29. The number of ether oxygens (including phenoxy) is 1. The maximum atomic E-state index is 11.5. The molecule has 1 atom stereocenters. The lowest BCUT2D eigenvalue weighted by Crippen LogP contribution is -2.32. The van der Waals surface area contributed by atoms with Crippen LogP contribution in [-0.4, -0.2) is 35.9 Å². The van der Waals surface area contributed by atoms with E-state index in [1.807, 2.05) is 6.92 Å². The highest BCUT2D eigenvalue weighted by molar-refractivity contribution is 6.29. The number of amides is 1. The van der Waals surface area contributed by atoms with Gasteiger partial charge in [-0.15, -0.1) is 10.2 Å². The van der Waals surface area contributed by atoms with Crippen molar-refractivity contribution in [2.24, 2.45) is 0 Å². The zero-order chi connectivity index (χ0) is 11.3. The number of methoxy groups -OCH3 is 1. The molecule has 82 valence electrons. The molecule has 15 heavy (non-hydrogen) atoms. The molecule has 1 N–H and O–H groups in total. The number of nitrogens with one attached hydrogen (secondary N) is 1. The van der Waals surface area contributed by atoms with Gasteiger partial charge in [0.15, 0.2) is 10.8 Å². The molecule has 1 heterocycles. The van der Waals surface area contributed by atoms with Crippen molar-refractivity contribution >= 4 is 17.5 Å². The minimum Gasteiger partial charge on any atom is -0.380 e. The third-order valence-electron chi connectivity index (χ3n) is 1.82. The van der Waals surface area contributed by atoms with Gasteiger partial charge >= 0.3 is 0 Å². The Balaban J connectivity index is 2.50. The van der Waals surface area contributed by atoms with Gasteiger partial charge in [0, 0.05) is 13.7 Å². The van der Waals surface area contributed by atoms with E-state index in [0.29, 0.717) is 6.54 Å². The molecule has 6 heteroatoms. The summed E-state index contributed by atoms with van der Waals surface area (Å²) < 4.78 is 4.98. The van der Waals surface area contributed by atoms with Crippen LogP contribution in [0.25, 0.3) is 0 Å². The fourth-order valence-corrected chi connectivity index (χ4v) is 0.948. The molecular weight excluding hydrogens is 218 g/mol. The molecule has 1 amide bonds. The molecule has 5 nitrogen and oxygen atoms in total. The van der Waals surface area contributed by atoms with Crippen LogP contribution in [0.15, 0.2) is 12.1 Å². The largest absolute Gasteiger partial charge is 0.380 e. The van der Waals surface area contributed by atoms with Crippen LogP contribution in [0.3, 0.4) is 0 Å². The molecule has 0 aliphatic heterocycles. The Morgan fingerprint density at radius 1 is 1.60 bits per heavy atom. The van der Waals surface area contributed by atoms with E-state index >= 15 is 0 Å². The second-order valence-electron chi connectivity index (χ2n) is 3.00. The Hall–Kier alpha value is -1.20. The smallest absolute Gasteiger partial charge is 0.271 e. The number of nitrogens with zero attached hydrogens (tertiary/aromatic N) is 2. The molecule has 0 saturated heterocycles. The van der Waals surface area contributed by atoms with Crippen molar-refractivity contribution in [1.29, 1.82) is 0 Å². The van der Waals surface area contributed by atoms with Gasteiger partial charge in [-0.1, -0.05) is 11.6 Å². The summed E-state index contributed by atoms with van der Waals surface area (Å²) in [7, 11) is 1.58. The zero-order valence-corrected chi connectivity index (χ0v) is 9.28. The molecule has 1 aromatic rings. The number of rotatable bonds is 4. The van der Waals surface area contributed by atoms with Crippen molar-refractivity contribution < 1.29 is 9.53 Å². The highest BCUT2D eigenvalue weighted by Crippen LogP contribution is 2.01. The van der Waals surface area contributed by atoms with Crippen LogP contribution in [0, 0.1) is 0 Å². The van der Waals surface area contributed by atoms with Gasteiger partial charge in [-0.05, 0) is 19.1 Å². The Morgan fingerprint density at radius 2 is 2.33 bits per heavy atom. The van der Waals surface area contributed by atoms with Crippen molar-refractivity contribution in [1.82, 2.24) is 15.5 Å². The van der Waals surface area contributed by atoms with Gasteiger partial charge in [-0.2, -0.15) is 0 Å². The summed E-state index contributed by atoms with van der Waals surface area (Å²) in [5.41, 5.74) is 0.239. The number of carbonyl (C=O) groups is 1. The van der Waals surface area contributed by atoms with Gasteiger partial charge in [0.2, 0.25) is 0 Å². The first-order chi connectivity index (χ1) is 7.13. The van der Waals surface area contributed by atoms with Crippen molar-refractivity contribution in [2.75, 3.05) is 13.7 Å². The van der Waals surface area contributed by atoms with Crippen LogP contribution in [0.4, 0.5) is 0 Å². The van der Waals surface area contributed by atoms with Crippen LogP contribution in [-0.2, 0) is 4.74 Å². The van der Waals surface area contributed by atoms with Crippen LogP contribution in [0.1, 0.15) is 17.4 Å². The van der Waals surface area contributed by atoms with Crippen LogP contribution >= 0.6 is 11.6 Å². The van der Waals surface area contributed by atoms with Gasteiger partial charge in [0.25, 0.3) is 5.91 Å². The highest BCUT2D eigenvalue weighted by Gasteiger charge is 2.08. The molecule has 0 saturated carbocycles. The average Bonchev–Trinajstić information content (AvgIpc) is 2.26.